The highest BCUT2D eigenvalue weighted by molar-refractivity contribution is 5.79. The second-order valence-electron chi connectivity index (χ2n) is 8.12. The molecule has 1 aromatic carbocycles. The summed E-state index contributed by atoms with van der Waals surface area (Å²) in [6, 6.07) is 10.7. The second kappa shape index (κ2) is 11.1. The van der Waals surface area contributed by atoms with Crippen LogP contribution in [-0.2, 0) is 11.3 Å². The van der Waals surface area contributed by atoms with Gasteiger partial charge in [-0.2, -0.15) is 0 Å². The predicted octanol–water partition coefficient (Wildman–Crippen LogP) is 2.83. The van der Waals surface area contributed by atoms with Gasteiger partial charge in [0, 0.05) is 32.7 Å². The quantitative estimate of drug-likeness (QED) is 0.515. The van der Waals surface area contributed by atoms with Crippen LogP contribution in [0.25, 0.3) is 11.3 Å². The lowest BCUT2D eigenvalue weighted by Crippen LogP contribution is -2.48. The van der Waals surface area contributed by atoms with Crippen LogP contribution in [0.15, 0.2) is 41.5 Å². The van der Waals surface area contributed by atoms with Crippen LogP contribution in [0.4, 0.5) is 0 Å². The highest BCUT2D eigenvalue weighted by atomic mass is 16.5. The lowest BCUT2D eigenvalue weighted by molar-refractivity contribution is 0.00863. The Kier molecular flexibility index (Phi) is 8.28. The van der Waals surface area contributed by atoms with Gasteiger partial charge in [0.1, 0.15) is 5.82 Å². The molecule has 1 unspecified atom stereocenters. The van der Waals surface area contributed by atoms with Gasteiger partial charge in [0.15, 0.2) is 5.96 Å². The molecule has 1 atom stereocenters. The smallest absolute Gasteiger partial charge is 0.194 e. The molecule has 0 saturated carbocycles. The zero-order chi connectivity index (χ0) is 21.3. The van der Waals surface area contributed by atoms with Crippen LogP contribution >= 0.6 is 0 Å². The normalized spacial score (nSPS) is 16.6. The average Bonchev–Trinajstić information content (AvgIpc) is 3.22. The van der Waals surface area contributed by atoms with Gasteiger partial charge in [0.2, 0.25) is 0 Å². The summed E-state index contributed by atoms with van der Waals surface area (Å²) in [6.07, 6.45) is 1.90. The van der Waals surface area contributed by atoms with Crippen LogP contribution in [0.3, 0.4) is 0 Å². The molecule has 1 fully saturated rings. The summed E-state index contributed by atoms with van der Waals surface area (Å²) in [5.41, 5.74) is 2.18. The molecule has 1 aliphatic heterocycles. The van der Waals surface area contributed by atoms with Gasteiger partial charge in [-0.05, 0) is 18.4 Å². The maximum absolute atomic E-state index is 5.52. The van der Waals surface area contributed by atoms with Gasteiger partial charge >= 0.3 is 0 Å². The number of guanidine groups is 1. The van der Waals surface area contributed by atoms with E-state index in [4.69, 9.17) is 9.73 Å². The van der Waals surface area contributed by atoms with Gasteiger partial charge in [-0.3, -0.25) is 9.89 Å². The van der Waals surface area contributed by atoms with E-state index < -0.39 is 0 Å². The Morgan fingerprint density at radius 3 is 2.67 bits per heavy atom. The number of benzene rings is 1. The Hall–Kier alpha value is -2.38. The van der Waals surface area contributed by atoms with E-state index in [0.717, 1.165) is 62.4 Å². The fourth-order valence-corrected chi connectivity index (χ4v) is 3.81. The number of nitrogens with zero attached hydrogens (tertiary/aromatic N) is 4. The number of imidazole rings is 1. The van der Waals surface area contributed by atoms with Gasteiger partial charge in [0.05, 0.1) is 38.2 Å². The van der Waals surface area contributed by atoms with Crippen LogP contribution in [0.2, 0.25) is 0 Å². The Labute approximate surface area is 180 Å². The Balaban J connectivity index is 1.66. The highest BCUT2D eigenvalue weighted by Gasteiger charge is 2.24. The van der Waals surface area contributed by atoms with E-state index in [-0.39, 0.29) is 0 Å². The van der Waals surface area contributed by atoms with Crippen LogP contribution in [0.5, 0.6) is 0 Å². The number of aromatic nitrogens is 2. The van der Waals surface area contributed by atoms with Crippen molar-refractivity contribution in [2.45, 2.75) is 33.4 Å². The van der Waals surface area contributed by atoms with Crippen molar-refractivity contribution < 1.29 is 4.74 Å². The molecule has 2 aromatic rings. The van der Waals surface area contributed by atoms with Crippen molar-refractivity contribution in [1.82, 2.24) is 25.1 Å². The first-order valence-corrected chi connectivity index (χ1v) is 11.0. The minimum absolute atomic E-state index is 0.421. The third-order valence-electron chi connectivity index (χ3n) is 5.51. The highest BCUT2D eigenvalue weighted by Crippen LogP contribution is 2.17. The molecular weight excluding hydrogens is 376 g/mol. The number of aliphatic imine (C=N–C) groups is 1. The van der Waals surface area contributed by atoms with Gasteiger partial charge < -0.3 is 19.9 Å². The molecule has 2 heterocycles. The number of rotatable bonds is 8. The van der Waals surface area contributed by atoms with Crippen LogP contribution in [0, 0.1) is 5.92 Å². The van der Waals surface area contributed by atoms with Gasteiger partial charge in [-0.15, -0.1) is 0 Å². The minimum atomic E-state index is 0.421. The third kappa shape index (κ3) is 6.06. The number of H-pyrrole nitrogens is 1. The molecule has 0 aliphatic carbocycles. The molecule has 1 aromatic heterocycles. The maximum atomic E-state index is 5.52. The minimum Gasteiger partial charge on any atom is -0.379 e. The molecule has 7 heteroatoms. The van der Waals surface area contributed by atoms with Crippen molar-refractivity contribution in [1.29, 1.82) is 0 Å². The monoisotopic (exact) mass is 412 g/mol. The molecule has 164 valence electrons. The molecule has 0 bridgehead atoms. The van der Waals surface area contributed by atoms with Crippen molar-refractivity contribution >= 4 is 5.96 Å². The van der Waals surface area contributed by atoms with Crippen molar-refractivity contribution in [2.75, 3.05) is 46.4 Å². The molecule has 0 radical (unpaired) electrons. The maximum Gasteiger partial charge on any atom is 0.194 e. The van der Waals surface area contributed by atoms with E-state index in [2.05, 4.69) is 65.0 Å². The fraction of sp³-hybridized carbons (Fsp3) is 0.565. The van der Waals surface area contributed by atoms with Crippen molar-refractivity contribution in [3.05, 3.63) is 42.4 Å². The molecule has 30 heavy (non-hydrogen) atoms. The number of hydrogen-bond donors (Lipinski definition) is 2. The van der Waals surface area contributed by atoms with Crippen LogP contribution in [0.1, 0.15) is 26.6 Å². The fourth-order valence-electron chi connectivity index (χ4n) is 3.81. The largest absolute Gasteiger partial charge is 0.379 e. The number of morpholine rings is 1. The van der Waals surface area contributed by atoms with E-state index >= 15 is 0 Å². The summed E-state index contributed by atoms with van der Waals surface area (Å²) >= 11 is 0. The molecule has 2 N–H and O–H groups in total. The molecule has 1 aliphatic rings. The van der Waals surface area contributed by atoms with Gasteiger partial charge in [-0.25, -0.2) is 4.98 Å². The third-order valence-corrected chi connectivity index (χ3v) is 5.51. The summed E-state index contributed by atoms with van der Waals surface area (Å²) in [7, 11) is 2.06. The molecule has 7 nitrogen and oxygen atoms in total. The number of nitrogens with one attached hydrogen (secondary N) is 2. The zero-order valence-electron chi connectivity index (χ0n) is 18.8. The first-order valence-electron chi connectivity index (χ1n) is 11.0. The Morgan fingerprint density at radius 1 is 1.27 bits per heavy atom. The second-order valence-corrected chi connectivity index (χ2v) is 8.12. The molecule has 0 spiro atoms. The first-order chi connectivity index (χ1) is 14.6. The van der Waals surface area contributed by atoms with E-state index in [9.17, 15) is 0 Å². The first kappa shape index (κ1) is 22.3. The lowest BCUT2D eigenvalue weighted by atomic mass is 10.0. The summed E-state index contributed by atoms with van der Waals surface area (Å²) < 4.78 is 5.52. The molecule has 0 amide bonds. The summed E-state index contributed by atoms with van der Waals surface area (Å²) in [6.45, 7) is 12.5. The number of ether oxygens (including phenoxy) is 1. The van der Waals surface area contributed by atoms with Crippen molar-refractivity contribution in [3.63, 3.8) is 0 Å². The van der Waals surface area contributed by atoms with Gasteiger partial charge in [0.25, 0.3) is 0 Å². The van der Waals surface area contributed by atoms with E-state index in [1.54, 1.807) is 0 Å². The van der Waals surface area contributed by atoms with E-state index in [1.807, 2.05) is 24.4 Å². The summed E-state index contributed by atoms with van der Waals surface area (Å²) in [4.78, 5) is 17.6. The average molecular weight is 413 g/mol. The molecule has 3 rings (SSSR count). The molecule has 1 saturated heterocycles. The Morgan fingerprint density at radius 2 is 2.00 bits per heavy atom. The predicted molar refractivity (Wildman–Crippen MR) is 122 cm³/mol. The summed E-state index contributed by atoms with van der Waals surface area (Å²) in [5.74, 6) is 2.38. The lowest BCUT2D eigenvalue weighted by Gasteiger charge is -2.36. The topological polar surface area (TPSA) is 68.8 Å². The standard InChI is InChI=1S/C23H36N6O/c1-5-24-23(26-16-21(18(2)3)29-11-13-30-14-12-29)28(4)17-22-25-15-20(27-22)19-9-7-6-8-10-19/h6-10,15,18,21H,5,11-14,16-17H2,1-4H3,(H,24,26)(H,25,27). The van der Waals surface area contributed by atoms with E-state index in [1.165, 1.54) is 0 Å². The number of aromatic amines is 1. The van der Waals surface area contributed by atoms with Crippen molar-refractivity contribution in [2.24, 2.45) is 10.9 Å². The number of hydrogen-bond acceptors (Lipinski definition) is 4. The van der Waals surface area contributed by atoms with Crippen LogP contribution in [-0.4, -0.2) is 78.2 Å². The zero-order valence-corrected chi connectivity index (χ0v) is 18.8. The van der Waals surface area contributed by atoms with E-state index in [0.29, 0.717) is 18.5 Å². The molecular formula is C23H36N6O. The SMILES string of the molecule is CCNC(=NCC(C(C)C)N1CCOCC1)N(C)Cc1ncc(-c2ccccc2)[nH]1. The van der Waals surface area contributed by atoms with Crippen LogP contribution < -0.4 is 5.32 Å². The Bertz CT molecular complexity index is 782. The van der Waals surface area contributed by atoms with Crippen molar-refractivity contribution in [3.8, 4) is 11.3 Å². The summed E-state index contributed by atoms with van der Waals surface area (Å²) in [5, 5.41) is 3.43. The van der Waals surface area contributed by atoms with Gasteiger partial charge in [-0.1, -0.05) is 44.2 Å².